The Balaban J connectivity index is 0.00000324. The first-order chi connectivity index (χ1) is 8.58. The van der Waals surface area contributed by atoms with Crippen LogP contribution in [0.5, 0.6) is 0 Å². The molecule has 1 amide bonds. The zero-order chi connectivity index (χ0) is 13.4. The van der Waals surface area contributed by atoms with Crippen LogP contribution in [-0.4, -0.2) is 18.4 Å². The Bertz CT molecular complexity index is 430. The standard InChI is InChI=1S/C14H19N3O.ClH/c1-11(2)10-16-14(15)17-13(18)9-8-12-6-4-3-5-7-12;/h3-9,11H,10H2,1-2H3,(H3,15,16,17,18);1H/b9-8+;. The van der Waals surface area contributed by atoms with Crippen LogP contribution >= 0.6 is 12.4 Å². The van der Waals surface area contributed by atoms with Gasteiger partial charge in [-0.3, -0.25) is 15.5 Å². The Labute approximate surface area is 120 Å². The molecular weight excluding hydrogens is 262 g/mol. The Morgan fingerprint density at radius 3 is 2.53 bits per heavy atom. The predicted molar refractivity (Wildman–Crippen MR) is 81.4 cm³/mol. The van der Waals surface area contributed by atoms with Crippen molar-refractivity contribution in [2.24, 2.45) is 5.92 Å². The Morgan fingerprint density at radius 1 is 1.32 bits per heavy atom. The summed E-state index contributed by atoms with van der Waals surface area (Å²) in [5.74, 6) is 0.161. The largest absolute Gasteiger partial charge is 0.356 e. The van der Waals surface area contributed by atoms with Crippen molar-refractivity contribution in [1.29, 1.82) is 5.41 Å². The summed E-state index contributed by atoms with van der Waals surface area (Å²) in [4.78, 5) is 11.5. The molecule has 0 aliphatic rings. The molecule has 0 saturated heterocycles. The molecular formula is C14H20ClN3O. The summed E-state index contributed by atoms with van der Waals surface area (Å²) >= 11 is 0. The van der Waals surface area contributed by atoms with E-state index in [1.807, 2.05) is 44.2 Å². The number of amides is 1. The van der Waals surface area contributed by atoms with Gasteiger partial charge in [-0.2, -0.15) is 0 Å². The number of benzene rings is 1. The number of guanidine groups is 1. The van der Waals surface area contributed by atoms with Crippen LogP contribution < -0.4 is 10.6 Å². The molecule has 0 aliphatic carbocycles. The number of carbonyl (C=O) groups is 1. The number of rotatable bonds is 4. The van der Waals surface area contributed by atoms with Gasteiger partial charge in [-0.05, 0) is 17.6 Å². The first-order valence-corrected chi connectivity index (χ1v) is 5.94. The van der Waals surface area contributed by atoms with Crippen molar-refractivity contribution in [3.05, 3.63) is 42.0 Å². The summed E-state index contributed by atoms with van der Waals surface area (Å²) in [5.41, 5.74) is 0.953. The van der Waals surface area contributed by atoms with E-state index in [9.17, 15) is 4.79 Å². The molecule has 0 saturated carbocycles. The van der Waals surface area contributed by atoms with Gasteiger partial charge in [0.15, 0.2) is 5.96 Å². The van der Waals surface area contributed by atoms with E-state index in [-0.39, 0.29) is 24.3 Å². The van der Waals surface area contributed by atoms with Gasteiger partial charge in [0, 0.05) is 12.6 Å². The molecule has 0 bridgehead atoms. The topological polar surface area (TPSA) is 65.0 Å². The number of halogens is 1. The van der Waals surface area contributed by atoms with Gasteiger partial charge in [0.25, 0.3) is 5.91 Å². The van der Waals surface area contributed by atoms with E-state index in [0.29, 0.717) is 12.5 Å². The van der Waals surface area contributed by atoms with E-state index in [4.69, 9.17) is 5.41 Å². The van der Waals surface area contributed by atoms with Crippen LogP contribution in [-0.2, 0) is 4.79 Å². The van der Waals surface area contributed by atoms with Gasteiger partial charge in [-0.15, -0.1) is 12.4 Å². The van der Waals surface area contributed by atoms with Crippen molar-refractivity contribution >= 4 is 30.3 Å². The van der Waals surface area contributed by atoms with E-state index in [1.165, 1.54) is 6.08 Å². The average molecular weight is 282 g/mol. The summed E-state index contributed by atoms with van der Waals surface area (Å²) < 4.78 is 0. The fourth-order valence-corrected chi connectivity index (χ4v) is 1.25. The third-order valence-corrected chi connectivity index (χ3v) is 2.16. The van der Waals surface area contributed by atoms with Crippen LogP contribution in [0.15, 0.2) is 36.4 Å². The van der Waals surface area contributed by atoms with Crippen LogP contribution in [0.4, 0.5) is 0 Å². The Morgan fingerprint density at radius 2 is 1.95 bits per heavy atom. The van der Waals surface area contributed by atoms with Crippen LogP contribution in [0.3, 0.4) is 0 Å². The monoisotopic (exact) mass is 281 g/mol. The maximum atomic E-state index is 11.5. The van der Waals surface area contributed by atoms with Crippen molar-refractivity contribution in [3.8, 4) is 0 Å². The van der Waals surface area contributed by atoms with Crippen molar-refractivity contribution in [3.63, 3.8) is 0 Å². The normalized spacial score (nSPS) is 10.1. The molecule has 0 aliphatic heterocycles. The second-order valence-electron chi connectivity index (χ2n) is 4.38. The smallest absolute Gasteiger partial charge is 0.250 e. The van der Waals surface area contributed by atoms with Gasteiger partial charge in [-0.1, -0.05) is 44.2 Å². The maximum absolute atomic E-state index is 11.5. The first kappa shape index (κ1) is 17.2. The fraction of sp³-hybridized carbons (Fsp3) is 0.286. The van der Waals surface area contributed by atoms with Crippen LogP contribution in [0, 0.1) is 11.3 Å². The number of nitrogens with one attached hydrogen (secondary N) is 3. The molecule has 19 heavy (non-hydrogen) atoms. The lowest BCUT2D eigenvalue weighted by Crippen LogP contribution is -2.40. The highest BCUT2D eigenvalue weighted by Crippen LogP contribution is 2.00. The molecule has 4 nitrogen and oxygen atoms in total. The Kier molecular flexibility index (Phi) is 8.29. The maximum Gasteiger partial charge on any atom is 0.250 e. The van der Waals surface area contributed by atoms with Crippen molar-refractivity contribution in [2.45, 2.75) is 13.8 Å². The highest BCUT2D eigenvalue weighted by Gasteiger charge is 2.01. The second-order valence-corrected chi connectivity index (χ2v) is 4.38. The molecule has 1 aromatic carbocycles. The summed E-state index contributed by atoms with van der Waals surface area (Å²) in [6, 6.07) is 9.55. The summed E-state index contributed by atoms with van der Waals surface area (Å²) in [6.45, 7) is 4.75. The minimum Gasteiger partial charge on any atom is -0.356 e. The average Bonchev–Trinajstić information content (AvgIpc) is 2.35. The van der Waals surface area contributed by atoms with Gasteiger partial charge < -0.3 is 5.32 Å². The molecule has 0 heterocycles. The predicted octanol–water partition coefficient (Wildman–Crippen LogP) is 2.42. The SMILES string of the molecule is CC(C)CNC(=N)NC(=O)/C=C/c1ccccc1.Cl. The molecule has 5 heteroatoms. The number of carbonyl (C=O) groups excluding carboxylic acids is 1. The first-order valence-electron chi connectivity index (χ1n) is 5.94. The van der Waals surface area contributed by atoms with E-state index in [2.05, 4.69) is 10.6 Å². The van der Waals surface area contributed by atoms with E-state index in [1.54, 1.807) is 6.08 Å². The van der Waals surface area contributed by atoms with Crippen molar-refractivity contribution < 1.29 is 4.79 Å². The number of hydrogen-bond acceptors (Lipinski definition) is 2. The van der Waals surface area contributed by atoms with Crippen LogP contribution in [0.25, 0.3) is 6.08 Å². The highest BCUT2D eigenvalue weighted by molar-refractivity contribution is 6.02. The molecule has 0 aromatic heterocycles. The van der Waals surface area contributed by atoms with E-state index >= 15 is 0 Å². The Hall–Kier alpha value is -1.81. The summed E-state index contributed by atoms with van der Waals surface area (Å²) in [6.07, 6.45) is 3.13. The van der Waals surface area contributed by atoms with Crippen LogP contribution in [0.1, 0.15) is 19.4 Å². The lowest BCUT2D eigenvalue weighted by molar-refractivity contribution is -0.115. The quantitative estimate of drug-likeness (QED) is 0.451. The van der Waals surface area contributed by atoms with Gasteiger partial charge in [-0.25, -0.2) is 0 Å². The molecule has 0 spiro atoms. The lowest BCUT2D eigenvalue weighted by Gasteiger charge is -2.09. The molecule has 0 unspecified atom stereocenters. The van der Waals surface area contributed by atoms with Gasteiger partial charge in [0.1, 0.15) is 0 Å². The lowest BCUT2D eigenvalue weighted by atomic mass is 10.2. The van der Waals surface area contributed by atoms with Crippen molar-refractivity contribution in [1.82, 2.24) is 10.6 Å². The van der Waals surface area contributed by atoms with Gasteiger partial charge >= 0.3 is 0 Å². The summed E-state index contributed by atoms with van der Waals surface area (Å²) in [7, 11) is 0. The minimum atomic E-state index is -0.305. The summed E-state index contributed by atoms with van der Waals surface area (Å²) in [5, 5.41) is 12.8. The molecule has 3 N–H and O–H groups in total. The fourth-order valence-electron chi connectivity index (χ4n) is 1.25. The van der Waals surface area contributed by atoms with Gasteiger partial charge in [0.05, 0.1) is 0 Å². The zero-order valence-electron chi connectivity index (χ0n) is 11.1. The van der Waals surface area contributed by atoms with Gasteiger partial charge in [0.2, 0.25) is 0 Å². The number of hydrogen-bond donors (Lipinski definition) is 3. The molecule has 104 valence electrons. The van der Waals surface area contributed by atoms with E-state index < -0.39 is 0 Å². The third kappa shape index (κ3) is 8.00. The molecule has 0 radical (unpaired) electrons. The second kappa shape index (κ2) is 9.16. The zero-order valence-corrected chi connectivity index (χ0v) is 12.0. The molecule has 1 aromatic rings. The molecule has 1 rings (SSSR count). The molecule has 0 atom stereocenters. The minimum absolute atomic E-state index is 0. The highest BCUT2D eigenvalue weighted by atomic mass is 35.5. The third-order valence-electron chi connectivity index (χ3n) is 2.16. The van der Waals surface area contributed by atoms with E-state index in [0.717, 1.165) is 5.56 Å². The van der Waals surface area contributed by atoms with Crippen LogP contribution in [0.2, 0.25) is 0 Å². The molecule has 0 fully saturated rings. The van der Waals surface area contributed by atoms with Crippen molar-refractivity contribution in [2.75, 3.05) is 6.54 Å².